The fourth-order valence-electron chi connectivity index (χ4n) is 3.21. The Morgan fingerprint density at radius 3 is 2.19 bits per heavy atom. The van der Waals surface area contributed by atoms with Gasteiger partial charge >= 0.3 is 0 Å². The Hall–Kier alpha value is -0.0800. The molecule has 0 radical (unpaired) electrons. The van der Waals surface area contributed by atoms with E-state index >= 15 is 0 Å². The summed E-state index contributed by atoms with van der Waals surface area (Å²) >= 11 is 0. The molecule has 0 aromatic carbocycles. The number of piperidine rings is 1. The van der Waals surface area contributed by atoms with Gasteiger partial charge in [-0.25, -0.2) is 0 Å². The highest BCUT2D eigenvalue weighted by Gasteiger charge is 2.40. The third-order valence-corrected chi connectivity index (χ3v) is 4.51. The Kier molecular flexibility index (Phi) is 3.33. The van der Waals surface area contributed by atoms with Crippen molar-refractivity contribution in [1.82, 2.24) is 9.80 Å². The van der Waals surface area contributed by atoms with Gasteiger partial charge in [0.25, 0.3) is 0 Å². The van der Waals surface area contributed by atoms with Crippen molar-refractivity contribution >= 4 is 0 Å². The molecule has 0 aromatic rings. The van der Waals surface area contributed by atoms with Crippen molar-refractivity contribution in [3.63, 3.8) is 0 Å². The maximum absolute atomic E-state index is 2.69. The van der Waals surface area contributed by atoms with Crippen LogP contribution in [0.2, 0.25) is 0 Å². The van der Waals surface area contributed by atoms with Gasteiger partial charge in [0.15, 0.2) is 0 Å². The molecule has 94 valence electrons. The second-order valence-corrected chi connectivity index (χ2v) is 6.97. The quantitative estimate of drug-likeness (QED) is 0.675. The van der Waals surface area contributed by atoms with E-state index in [-0.39, 0.29) is 0 Å². The molecule has 16 heavy (non-hydrogen) atoms. The van der Waals surface area contributed by atoms with Gasteiger partial charge in [0.2, 0.25) is 0 Å². The summed E-state index contributed by atoms with van der Waals surface area (Å²) in [4.78, 5) is 5.35. The van der Waals surface area contributed by atoms with Crippen LogP contribution < -0.4 is 0 Å². The smallest absolute Gasteiger partial charge is 0.0125 e. The fraction of sp³-hybridized carbons (Fsp3) is 1.00. The lowest BCUT2D eigenvalue weighted by Crippen LogP contribution is -2.43. The highest BCUT2D eigenvalue weighted by atomic mass is 15.2. The molecule has 2 unspecified atom stereocenters. The average Bonchev–Trinajstić information content (AvgIpc) is 2.58. The van der Waals surface area contributed by atoms with E-state index < -0.39 is 0 Å². The van der Waals surface area contributed by atoms with Crippen molar-refractivity contribution in [3.05, 3.63) is 0 Å². The summed E-state index contributed by atoms with van der Waals surface area (Å²) in [6.07, 6.45) is 1.41. The van der Waals surface area contributed by atoms with Crippen molar-refractivity contribution in [2.45, 2.75) is 52.6 Å². The predicted octanol–water partition coefficient (Wildman–Crippen LogP) is 2.45. The largest absolute Gasteiger partial charge is 0.301 e. The minimum Gasteiger partial charge on any atom is -0.301 e. The number of hydrogen-bond donors (Lipinski definition) is 0. The summed E-state index contributed by atoms with van der Waals surface area (Å²) in [5.41, 5.74) is 0.361. The number of likely N-dealkylation sites (tertiary alicyclic amines) is 2. The molecule has 2 nitrogen and oxygen atoms in total. The molecular weight excluding hydrogens is 196 g/mol. The van der Waals surface area contributed by atoms with Gasteiger partial charge in [-0.2, -0.15) is 0 Å². The number of nitrogens with zero attached hydrogens (tertiary/aromatic N) is 2. The molecule has 2 heterocycles. The monoisotopic (exact) mass is 224 g/mol. The van der Waals surface area contributed by atoms with E-state index in [4.69, 9.17) is 0 Å². The van der Waals surface area contributed by atoms with Crippen molar-refractivity contribution in [2.24, 2.45) is 11.8 Å². The first-order valence-electron chi connectivity index (χ1n) is 6.87. The van der Waals surface area contributed by atoms with E-state index in [9.17, 15) is 0 Å². The Bertz CT molecular complexity index is 242. The van der Waals surface area contributed by atoms with Crippen LogP contribution >= 0.6 is 0 Å². The molecule has 2 atom stereocenters. The van der Waals surface area contributed by atoms with E-state index in [0.717, 1.165) is 17.9 Å². The molecule has 0 bridgehead atoms. The van der Waals surface area contributed by atoms with E-state index in [1.807, 2.05) is 0 Å². The summed E-state index contributed by atoms with van der Waals surface area (Å²) in [6, 6.07) is 0.727. The summed E-state index contributed by atoms with van der Waals surface area (Å²) in [5, 5.41) is 0. The first-order chi connectivity index (χ1) is 7.38. The van der Waals surface area contributed by atoms with Crippen molar-refractivity contribution in [1.29, 1.82) is 0 Å². The van der Waals surface area contributed by atoms with Crippen molar-refractivity contribution in [2.75, 3.05) is 26.2 Å². The molecule has 2 fully saturated rings. The summed E-state index contributed by atoms with van der Waals surface area (Å²) in [5.74, 6) is 1.89. The highest BCUT2D eigenvalue weighted by molar-refractivity contribution is 4.94. The molecule has 2 saturated heterocycles. The lowest BCUT2D eigenvalue weighted by molar-refractivity contribution is 0.118. The Balaban J connectivity index is 1.96. The van der Waals surface area contributed by atoms with Crippen LogP contribution in [0.15, 0.2) is 0 Å². The SMILES string of the molecule is CC(C)N1CCC2CN(C(C)(C)C)CC2C1. The van der Waals surface area contributed by atoms with Gasteiger partial charge in [-0.05, 0) is 59.4 Å². The van der Waals surface area contributed by atoms with Gasteiger partial charge in [-0.15, -0.1) is 0 Å². The fourth-order valence-corrected chi connectivity index (χ4v) is 3.21. The highest BCUT2D eigenvalue weighted by Crippen LogP contribution is 2.35. The molecule has 0 aliphatic carbocycles. The molecule has 0 aromatic heterocycles. The van der Waals surface area contributed by atoms with Crippen LogP contribution in [-0.2, 0) is 0 Å². The van der Waals surface area contributed by atoms with Gasteiger partial charge < -0.3 is 4.90 Å². The van der Waals surface area contributed by atoms with Gasteiger partial charge in [-0.3, -0.25) is 4.90 Å². The third-order valence-electron chi connectivity index (χ3n) is 4.51. The number of fused-ring (bicyclic) bond motifs is 1. The number of rotatable bonds is 1. The summed E-state index contributed by atoms with van der Waals surface area (Å²) in [6.45, 7) is 17.0. The van der Waals surface area contributed by atoms with E-state index in [2.05, 4.69) is 44.4 Å². The number of hydrogen-bond acceptors (Lipinski definition) is 2. The first kappa shape index (κ1) is 12.4. The average molecular weight is 224 g/mol. The zero-order valence-corrected chi connectivity index (χ0v) is 11.7. The molecule has 2 aliphatic rings. The minimum atomic E-state index is 0.361. The molecule has 2 rings (SSSR count). The second-order valence-electron chi connectivity index (χ2n) is 6.97. The standard InChI is InChI=1S/C14H28N2/c1-11(2)15-7-6-12-9-16(14(3,4)5)10-13(12)8-15/h11-13H,6-10H2,1-5H3. The molecule has 2 aliphatic heterocycles. The van der Waals surface area contributed by atoms with Crippen LogP contribution in [0.4, 0.5) is 0 Å². The zero-order chi connectivity index (χ0) is 11.9. The predicted molar refractivity (Wildman–Crippen MR) is 69.6 cm³/mol. The van der Waals surface area contributed by atoms with Crippen LogP contribution in [0.1, 0.15) is 41.0 Å². The Morgan fingerprint density at radius 2 is 1.62 bits per heavy atom. The van der Waals surface area contributed by atoms with E-state index in [1.165, 1.54) is 32.6 Å². The van der Waals surface area contributed by atoms with Crippen LogP contribution in [0.25, 0.3) is 0 Å². The maximum atomic E-state index is 2.69. The van der Waals surface area contributed by atoms with Crippen LogP contribution in [0, 0.1) is 11.8 Å². The van der Waals surface area contributed by atoms with Crippen molar-refractivity contribution in [3.8, 4) is 0 Å². The first-order valence-corrected chi connectivity index (χ1v) is 6.87. The second kappa shape index (κ2) is 4.30. The molecule has 2 heteroatoms. The molecular formula is C14H28N2. The van der Waals surface area contributed by atoms with Gasteiger partial charge in [0.05, 0.1) is 0 Å². The molecule has 0 amide bonds. The van der Waals surface area contributed by atoms with E-state index in [0.29, 0.717) is 5.54 Å². The van der Waals surface area contributed by atoms with Crippen LogP contribution in [-0.4, -0.2) is 47.6 Å². The lowest BCUT2D eigenvalue weighted by atomic mass is 9.88. The van der Waals surface area contributed by atoms with Crippen LogP contribution in [0.3, 0.4) is 0 Å². The van der Waals surface area contributed by atoms with Gasteiger partial charge in [0.1, 0.15) is 0 Å². The third kappa shape index (κ3) is 2.43. The summed E-state index contributed by atoms with van der Waals surface area (Å²) in [7, 11) is 0. The minimum absolute atomic E-state index is 0.361. The van der Waals surface area contributed by atoms with Crippen LogP contribution in [0.5, 0.6) is 0 Å². The zero-order valence-electron chi connectivity index (χ0n) is 11.7. The maximum Gasteiger partial charge on any atom is 0.0125 e. The lowest BCUT2D eigenvalue weighted by Gasteiger charge is -2.36. The van der Waals surface area contributed by atoms with Gasteiger partial charge in [0, 0.05) is 31.2 Å². The molecule has 0 N–H and O–H groups in total. The molecule has 0 spiro atoms. The Morgan fingerprint density at radius 1 is 1.00 bits per heavy atom. The summed E-state index contributed by atoms with van der Waals surface area (Å²) < 4.78 is 0. The Labute approximate surface area is 101 Å². The van der Waals surface area contributed by atoms with E-state index in [1.54, 1.807) is 0 Å². The van der Waals surface area contributed by atoms with Crippen molar-refractivity contribution < 1.29 is 0 Å². The van der Waals surface area contributed by atoms with Gasteiger partial charge in [-0.1, -0.05) is 0 Å². The normalized spacial score (nSPS) is 33.4. The molecule has 0 saturated carbocycles. The topological polar surface area (TPSA) is 6.48 Å².